The van der Waals surface area contributed by atoms with E-state index in [1.807, 2.05) is 29.8 Å². The average Bonchev–Trinajstić information content (AvgIpc) is 2.88. The zero-order valence-corrected chi connectivity index (χ0v) is 12.1. The molecule has 0 spiro atoms. The van der Waals surface area contributed by atoms with Gasteiger partial charge in [-0.05, 0) is 72.7 Å². The molecule has 0 saturated heterocycles. The molecule has 1 aromatic carbocycles. The maximum Gasteiger partial charge on any atom is 0.182 e. The highest BCUT2D eigenvalue weighted by molar-refractivity contribution is 5.63. The summed E-state index contributed by atoms with van der Waals surface area (Å²) in [5.74, 6) is 1.69. The lowest BCUT2D eigenvalue weighted by molar-refractivity contribution is 0.272. The minimum Gasteiger partial charge on any atom is -0.399 e. The van der Waals surface area contributed by atoms with E-state index >= 15 is 0 Å². The predicted octanol–water partition coefficient (Wildman–Crippen LogP) is 2.98. The van der Waals surface area contributed by atoms with Crippen LogP contribution in [0.4, 0.5) is 5.69 Å². The Morgan fingerprint density at radius 3 is 2.65 bits per heavy atom. The van der Waals surface area contributed by atoms with Crippen molar-refractivity contribution in [2.75, 3.05) is 5.73 Å². The Labute approximate surface area is 119 Å². The third kappa shape index (κ3) is 2.40. The number of hydrogen-bond acceptors (Lipinski definition) is 4. The topological polar surface area (TPSA) is 69.6 Å². The lowest BCUT2D eigenvalue weighted by atomic mass is 9.87. The van der Waals surface area contributed by atoms with Crippen LogP contribution in [0.5, 0.6) is 0 Å². The number of benzene rings is 1. The van der Waals surface area contributed by atoms with Crippen molar-refractivity contribution in [3.8, 4) is 11.4 Å². The van der Waals surface area contributed by atoms with Crippen LogP contribution in [0.25, 0.3) is 11.4 Å². The summed E-state index contributed by atoms with van der Waals surface area (Å²) in [7, 11) is 0. The number of hydrogen-bond donors (Lipinski definition) is 1. The predicted molar refractivity (Wildman–Crippen MR) is 79.1 cm³/mol. The molecular formula is C15H21N5. The second kappa shape index (κ2) is 5.23. The smallest absolute Gasteiger partial charge is 0.182 e. The van der Waals surface area contributed by atoms with Gasteiger partial charge in [-0.2, -0.15) is 0 Å². The molecule has 1 aliphatic rings. The molecule has 0 amide bonds. The normalized spacial score (nSPS) is 22.9. The first-order valence-corrected chi connectivity index (χ1v) is 7.29. The van der Waals surface area contributed by atoms with E-state index in [1.165, 1.54) is 12.8 Å². The summed E-state index contributed by atoms with van der Waals surface area (Å²) in [5, 5.41) is 12.3. The van der Waals surface area contributed by atoms with Crippen LogP contribution >= 0.6 is 0 Å². The number of nitrogen functional groups attached to an aromatic ring is 1. The van der Waals surface area contributed by atoms with E-state index in [0.717, 1.165) is 41.4 Å². The molecule has 0 radical (unpaired) electrons. The summed E-state index contributed by atoms with van der Waals surface area (Å²) >= 11 is 0. The van der Waals surface area contributed by atoms with Gasteiger partial charge in [-0.25, -0.2) is 4.68 Å². The van der Waals surface area contributed by atoms with Crippen LogP contribution in [0.3, 0.4) is 0 Å². The van der Waals surface area contributed by atoms with E-state index in [0.29, 0.717) is 6.04 Å². The van der Waals surface area contributed by atoms with Gasteiger partial charge in [-0.1, -0.05) is 6.92 Å². The van der Waals surface area contributed by atoms with E-state index in [2.05, 4.69) is 22.4 Å². The molecule has 5 heteroatoms. The largest absolute Gasteiger partial charge is 0.399 e. The summed E-state index contributed by atoms with van der Waals surface area (Å²) in [6.45, 7) is 4.37. The Bertz CT molecular complexity index is 596. The summed E-state index contributed by atoms with van der Waals surface area (Å²) in [5.41, 5.74) is 8.78. The first kappa shape index (κ1) is 13.1. The van der Waals surface area contributed by atoms with Crippen molar-refractivity contribution in [2.45, 2.75) is 45.6 Å². The van der Waals surface area contributed by atoms with Crippen LogP contribution < -0.4 is 5.73 Å². The monoisotopic (exact) mass is 271 g/mol. The highest BCUT2D eigenvalue weighted by Crippen LogP contribution is 2.34. The van der Waals surface area contributed by atoms with E-state index in [9.17, 15) is 0 Å². The number of aryl methyl sites for hydroxylation is 1. The summed E-state index contributed by atoms with van der Waals surface area (Å²) in [4.78, 5) is 0. The van der Waals surface area contributed by atoms with Gasteiger partial charge in [0.05, 0.1) is 6.04 Å². The number of tetrazole rings is 1. The number of anilines is 1. The van der Waals surface area contributed by atoms with Crippen molar-refractivity contribution in [3.63, 3.8) is 0 Å². The summed E-state index contributed by atoms with van der Waals surface area (Å²) in [6, 6.07) is 6.31. The lowest BCUT2D eigenvalue weighted by Crippen LogP contribution is -2.19. The Balaban J connectivity index is 1.93. The molecule has 0 atom stereocenters. The molecular weight excluding hydrogens is 250 g/mol. The molecule has 5 nitrogen and oxygen atoms in total. The van der Waals surface area contributed by atoms with Crippen molar-refractivity contribution >= 4 is 5.69 Å². The van der Waals surface area contributed by atoms with Crippen molar-refractivity contribution in [1.82, 2.24) is 20.2 Å². The second-order valence-electron chi connectivity index (χ2n) is 5.94. The van der Waals surface area contributed by atoms with Crippen molar-refractivity contribution in [2.24, 2.45) is 5.92 Å². The molecule has 1 saturated carbocycles. The van der Waals surface area contributed by atoms with Crippen LogP contribution in [0.15, 0.2) is 18.2 Å². The molecule has 106 valence electrons. The van der Waals surface area contributed by atoms with Crippen molar-refractivity contribution in [1.29, 1.82) is 0 Å². The molecule has 2 N–H and O–H groups in total. The van der Waals surface area contributed by atoms with Crippen molar-refractivity contribution in [3.05, 3.63) is 23.8 Å². The Hall–Kier alpha value is -1.91. The molecule has 1 fully saturated rings. The zero-order chi connectivity index (χ0) is 14.1. The third-order valence-corrected chi connectivity index (χ3v) is 4.32. The molecule has 1 aliphatic carbocycles. The average molecular weight is 271 g/mol. The van der Waals surface area contributed by atoms with Gasteiger partial charge in [0.15, 0.2) is 5.82 Å². The second-order valence-corrected chi connectivity index (χ2v) is 5.94. The standard InChI is InChI=1S/C15H21N5/c1-10-3-6-13(7-4-10)20-15(17-18-19-20)14-8-5-12(16)9-11(14)2/h5,8-10,13H,3-4,6-7,16H2,1-2H3. The summed E-state index contributed by atoms with van der Waals surface area (Å²) < 4.78 is 2.00. The van der Waals surface area contributed by atoms with Gasteiger partial charge in [0, 0.05) is 11.3 Å². The highest BCUT2D eigenvalue weighted by atomic mass is 15.5. The Morgan fingerprint density at radius 2 is 1.95 bits per heavy atom. The zero-order valence-electron chi connectivity index (χ0n) is 12.1. The van der Waals surface area contributed by atoms with Gasteiger partial charge in [0.1, 0.15) is 0 Å². The minimum absolute atomic E-state index is 0.424. The SMILES string of the molecule is Cc1cc(N)ccc1-c1nnnn1C1CCC(C)CC1. The molecule has 1 aromatic heterocycles. The highest BCUT2D eigenvalue weighted by Gasteiger charge is 2.24. The van der Waals surface area contributed by atoms with E-state index < -0.39 is 0 Å². The van der Waals surface area contributed by atoms with Crippen LogP contribution in [0, 0.1) is 12.8 Å². The van der Waals surface area contributed by atoms with Crippen molar-refractivity contribution < 1.29 is 0 Å². The van der Waals surface area contributed by atoms with E-state index in [-0.39, 0.29) is 0 Å². The molecule has 0 unspecified atom stereocenters. The number of rotatable bonds is 2. The maximum absolute atomic E-state index is 5.82. The van der Waals surface area contributed by atoms with E-state index in [4.69, 9.17) is 5.73 Å². The molecule has 2 aromatic rings. The molecule has 3 rings (SSSR count). The Kier molecular flexibility index (Phi) is 3.42. The van der Waals surface area contributed by atoms with Gasteiger partial charge in [-0.3, -0.25) is 0 Å². The number of aromatic nitrogens is 4. The molecule has 0 aliphatic heterocycles. The third-order valence-electron chi connectivity index (χ3n) is 4.32. The van der Waals surface area contributed by atoms with Crippen LogP contribution in [-0.4, -0.2) is 20.2 Å². The fourth-order valence-electron chi connectivity index (χ4n) is 3.04. The Morgan fingerprint density at radius 1 is 1.20 bits per heavy atom. The van der Waals surface area contributed by atoms with Gasteiger partial charge in [-0.15, -0.1) is 5.10 Å². The first-order valence-electron chi connectivity index (χ1n) is 7.29. The lowest BCUT2D eigenvalue weighted by Gasteiger charge is -2.26. The quantitative estimate of drug-likeness (QED) is 0.852. The van der Waals surface area contributed by atoms with Gasteiger partial charge < -0.3 is 5.73 Å². The molecule has 0 bridgehead atoms. The first-order chi connectivity index (χ1) is 9.65. The summed E-state index contributed by atoms with van der Waals surface area (Å²) in [6.07, 6.45) is 4.83. The van der Waals surface area contributed by atoms with Crippen LogP contribution in [0.1, 0.15) is 44.2 Å². The molecule has 20 heavy (non-hydrogen) atoms. The number of nitrogens with zero attached hydrogens (tertiary/aromatic N) is 4. The van der Waals surface area contributed by atoms with Crippen LogP contribution in [-0.2, 0) is 0 Å². The maximum atomic E-state index is 5.82. The minimum atomic E-state index is 0.424. The van der Waals surface area contributed by atoms with Gasteiger partial charge in [0.25, 0.3) is 0 Å². The van der Waals surface area contributed by atoms with Gasteiger partial charge >= 0.3 is 0 Å². The fourth-order valence-corrected chi connectivity index (χ4v) is 3.04. The molecule has 1 heterocycles. The fraction of sp³-hybridized carbons (Fsp3) is 0.533. The number of nitrogens with two attached hydrogens (primary N) is 1. The van der Waals surface area contributed by atoms with Crippen LogP contribution in [0.2, 0.25) is 0 Å². The van der Waals surface area contributed by atoms with E-state index in [1.54, 1.807) is 0 Å². The van der Waals surface area contributed by atoms with Gasteiger partial charge in [0.2, 0.25) is 0 Å².